The highest BCUT2D eigenvalue weighted by Gasteiger charge is 2.06. The Kier molecular flexibility index (Phi) is 5.46. The van der Waals surface area contributed by atoms with Gasteiger partial charge in [-0.3, -0.25) is 4.79 Å². The summed E-state index contributed by atoms with van der Waals surface area (Å²) in [6.45, 7) is 1.19. The molecule has 0 aromatic heterocycles. The third-order valence-corrected chi connectivity index (χ3v) is 2.16. The maximum absolute atomic E-state index is 10.7. The van der Waals surface area contributed by atoms with E-state index in [0.29, 0.717) is 6.42 Å². The lowest BCUT2D eigenvalue weighted by Gasteiger charge is -2.06. The molecule has 1 aromatic rings. The second kappa shape index (κ2) is 6.89. The van der Waals surface area contributed by atoms with Gasteiger partial charge in [0.05, 0.1) is 0 Å². The number of hydrogen-bond donors (Lipinski definition) is 1. The summed E-state index contributed by atoms with van der Waals surface area (Å²) in [6, 6.07) is 9.37. The molecule has 0 spiro atoms. The SMILES string of the molecule is CC(=O)O/C(=C\Cc1ccccc1)O[PH](=O)O. The maximum Gasteiger partial charge on any atom is 0.367 e. The van der Waals surface area contributed by atoms with Crippen molar-refractivity contribution in [2.75, 3.05) is 0 Å². The lowest BCUT2D eigenvalue weighted by atomic mass is 10.1. The van der Waals surface area contributed by atoms with Gasteiger partial charge in [0, 0.05) is 13.0 Å². The van der Waals surface area contributed by atoms with Crippen LogP contribution in [0.5, 0.6) is 0 Å². The Morgan fingerprint density at radius 1 is 1.41 bits per heavy atom. The van der Waals surface area contributed by atoms with E-state index in [9.17, 15) is 9.36 Å². The Morgan fingerprint density at radius 3 is 2.59 bits per heavy atom. The number of hydrogen-bond acceptors (Lipinski definition) is 4. The fourth-order valence-corrected chi connectivity index (χ4v) is 1.44. The summed E-state index contributed by atoms with van der Waals surface area (Å²) >= 11 is 0. The Morgan fingerprint density at radius 2 is 2.06 bits per heavy atom. The van der Waals surface area contributed by atoms with Gasteiger partial charge in [-0.05, 0) is 12.0 Å². The number of esters is 1. The Hall–Kier alpha value is -1.58. The topological polar surface area (TPSA) is 72.8 Å². The number of rotatable bonds is 5. The molecule has 1 atom stereocenters. The van der Waals surface area contributed by atoms with Crippen LogP contribution >= 0.6 is 8.25 Å². The van der Waals surface area contributed by atoms with Gasteiger partial charge in [0.15, 0.2) is 0 Å². The van der Waals surface area contributed by atoms with Crippen LogP contribution in [0.3, 0.4) is 0 Å². The standard InChI is InChI=1S/C11H13O5P/c1-9(12)15-11(16-17(13)14)8-7-10-5-3-2-4-6-10/h2-6,8,17H,7H2,1H3,(H,13,14)/b11-8+. The average Bonchev–Trinajstić information content (AvgIpc) is 2.26. The van der Waals surface area contributed by atoms with Gasteiger partial charge < -0.3 is 14.2 Å². The van der Waals surface area contributed by atoms with Gasteiger partial charge in [0.2, 0.25) is 0 Å². The van der Waals surface area contributed by atoms with E-state index in [1.54, 1.807) is 0 Å². The minimum Gasteiger partial charge on any atom is -0.393 e. The summed E-state index contributed by atoms with van der Waals surface area (Å²) in [6.07, 6.45) is 1.88. The molecule has 92 valence electrons. The van der Waals surface area contributed by atoms with Crippen LogP contribution < -0.4 is 0 Å². The molecule has 0 aliphatic carbocycles. The van der Waals surface area contributed by atoms with Crippen molar-refractivity contribution in [3.63, 3.8) is 0 Å². The van der Waals surface area contributed by atoms with Crippen molar-refractivity contribution in [2.45, 2.75) is 13.3 Å². The first-order chi connectivity index (χ1) is 8.08. The minimum absolute atomic E-state index is 0.243. The smallest absolute Gasteiger partial charge is 0.367 e. The summed E-state index contributed by atoms with van der Waals surface area (Å²) in [4.78, 5) is 19.4. The predicted octanol–water partition coefficient (Wildman–Crippen LogP) is 2.03. The highest BCUT2D eigenvalue weighted by Crippen LogP contribution is 2.21. The van der Waals surface area contributed by atoms with Crippen LogP contribution in [0.15, 0.2) is 42.4 Å². The van der Waals surface area contributed by atoms with Crippen LogP contribution in [0.25, 0.3) is 0 Å². The quantitative estimate of drug-likeness (QED) is 0.495. The third kappa shape index (κ3) is 5.90. The molecule has 17 heavy (non-hydrogen) atoms. The van der Waals surface area contributed by atoms with Gasteiger partial charge >= 0.3 is 14.2 Å². The first-order valence-electron chi connectivity index (χ1n) is 4.91. The van der Waals surface area contributed by atoms with Gasteiger partial charge in [-0.2, -0.15) is 0 Å². The van der Waals surface area contributed by atoms with E-state index < -0.39 is 14.2 Å². The maximum atomic E-state index is 10.7. The van der Waals surface area contributed by atoms with E-state index in [1.165, 1.54) is 13.0 Å². The molecule has 0 radical (unpaired) electrons. The molecular weight excluding hydrogens is 243 g/mol. The second-order valence-electron chi connectivity index (χ2n) is 3.17. The first kappa shape index (κ1) is 13.5. The summed E-state index contributed by atoms with van der Waals surface area (Å²) in [5, 5.41) is 0. The molecule has 1 rings (SSSR count). The molecule has 0 bridgehead atoms. The van der Waals surface area contributed by atoms with Gasteiger partial charge in [0.1, 0.15) is 0 Å². The molecule has 5 nitrogen and oxygen atoms in total. The number of allylic oxidation sites excluding steroid dienone is 1. The fourth-order valence-electron chi connectivity index (χ4n) is 1.15. The molecule has 1 N–H and O–H groups in total. The predicted molar refractivity (Wildman–Crippen MR) is 62.3 cm³/mol. The molecule has 0 amide bonds. The van der Waals surface area contributed by atoms with Crippen LogP contribution in [-0.2, 0) is 25.0 Å². The van der Waals surface area contributed by atoms with E-state index in [-0.39, 0.29) is 5.95 Å². The molecule has 1 unspecified atom stereocenters. The van der Waals surface area contributed by atoms with Crippen molar-refractivity contribution in [2.24, 2.45) is 0 Å². The van der Waals surface area contributed by atoms with Crippen molar-refractivity contribution < 1.29 is 23.5 Å². The van der Waals surface area contributed by atoms with Crippen molar-refractivity contribution in [1.82, 2.24) is 0 Å². The normalized spacial score (nSPS) is 12.9. The fraction of sp³-hybridized carbons (Fsp3) is 0.182. The molecule has 6 heteroatoms. The summed E-state index contributed by atoms with van der Waals surface area (Å²) in [7, 11) is -3.18. The second-order valence-corrected chi connectivity index (χ2v) is 3.91. The van der Waals surface area contributed by atoms with Crippen LogP contribution in [0.1, 0.15) is 12.5 Å². The Labute approximate surface area is 99.6 Å². The molecule has 0 aliphatic heterocycles. The zero-order valence-electron chi connectivity index (χ0n) is 9.25. The van der Waals surface area contributed by atoms with E-state index >= 15 is 0 Å². The van der Waals surface area contributed by atoms with E-state index in [4.69, 9.17) is 4.89 Å². The lowest BCUT2D eigenvalue weighted by Crippen LogP contribution is -2.00. The molecule has 0 fully saturated rings. The van der Waals surface area contributed by atoms with Crippen molar-refractivity contribution >= 4 is 14.2 Å². The van der Waals surface area contributed by atoms with Crippen LogP contribution in [0, 0.1) is 0 Å². The van der Waals surface area contributed by atoms with Crippen LogP contribution in [0.4, 0.5) is 0 Å². The highest BCUT2D eigenvalue weighted by atomic mass is 31.1. The minimum atomic E-state index is -3.18. The van der Waals surface area contributed by atoms with Crippen molar-refractivity contribution in [3.05, 3.63) is 47.9 Å². The van der Waals surface area contributed by atoms with Gasteiger partial charge in [0.25, 0.3) is 5.95 Å². The number of carbonyl (C=O) groups is 1. The monoisotopic (exact) mass is 256 g/mol. The average molecular weight is 256 g/mol. The Bertz CT molecular complexity index is 409. The Balaban J connectivity index is 2.68. The largest absolute Gasteiger partial charge is 0.393 e. The van der Waals surface area contributed by atoms with Crippen LogP contribution in [0.2, 0.25) is 0 Å². The number of benzene rings is 1. The molecule has 1 aromatic carbocycles. The highest BCUT2D eigenvalue weighted by molar-refractivity contribution is 7.32. The number of ether oxygens (including phenoxy) is 1. The van der Waals surface area contributed by atoms with E-state index in [0.717, 1.165) is 5.56 Å². The lowest BCUT2D eigenvalue weighted by molar-refractivity contribution is -0.140. The zero-order chi connectivity index (χ0) is 12.7. The van der Waals surface area contributed by atoms with Gasteiger partial charge in [-0.15, -0.1) is 0 Å². The van der Waals surface area contributed by atoms with Gasteiger partial charge in [-0.1, -0.05) is 30.3 Å². The molecular formula is C11H13O5P. The summed E-state index contributed by atoms with van der Waals surface area (Å²) in [5.41, 5.74) is 0.971. The molecule has 0 aliphatic rings. The van der Waals surface area contributed by atoms with Crippen molar-refractivity contribution in [3.8, 4) is 0 Å². The summed E-state index contributed by atoms with van der Waals surface area (Å²) < 4.78 is 19.7. The molecule has 0 saturated carbocycles. The van der Waals surface area contributed by atoms with Gasteiger partial charge in [-0.25, -0.2) is 4.57 Å². The third-order valence-electron chi connectivity index (χ3n) is 1.78. The molecule has 0 saturated heterocycles. The zero-order valence-corrected chi connectivity index (χ0v) is 10.3. The van der Waals surface area contributed by atoms with Crippen LogP contribution in [-0.4, -0.2) is 10.9 Å². The molecule has 0 heterocycles. The summed E-state index contributed by atoms with van der Waals surface area (Å²) in [5.74, 6) is -0.847. The van der Waals surface area contributed by atoms with Crippen molar-refractivity contribution in [1.29, 1.82) is 0 Å². The number of carbonyl (C=O) groups excluding carboxylic acids is 1. The van der Waals surface area contributed by atoms with E-state index in [2.05, 4.69) is 9.26 Å². The first-order valence-corrected chi connectivity index (χ1v) is 6.17. The van der Waals surface area contributed by atoms with E-state index in [1.807, 2.05) is 30.3 Å².